The van der Waals surface area contributed by atoms with Gasteiger partial charge in [0.15, 0.2) is 0 Å². The number of ether oxygens (including phenoxy) is 1. The van der Waals surface area contributed by atoms with Crippen molar-refractivity contribution in [1.82, 2.24) is 0 Å². The number of hydrogen-bond acceptors (Lipinski definition) is 2. The van der Waals surface area contributed by atoms with E-state index in [-0.39, 0.29) is 12.1 Å². The van der Waals surface area contributed by atoms with Gasteiger partial charge in [-0.15, -0.1) is 0 Å². The zero-order valence-electron chi connectivity index (χ0n) is 16.7. The zero-order chi connectivity index (χ0) is 19.6. The monoisotopic (exact) mass is 492 g/mol. The van der Waals surface area contributed by atoms with Crippen LogP contribution in [0.15, 0.2) is 69.9 Å². The predicted molar refractivity (Wildman–Crippen MR) is 117 cm³/mol. The number of esters is 1. The van der Waals surface area contributed by atoms with Crippen molar-refractivity contribution in [2.45, 2.75) is 64.4 Å². The van der Waals surface area contributed by atoms with Gasteiger partial charge >= 0.3 is 180 Å². The van der Waals surface area contributed by atoms with Crippen molar-refractivity contribution in [3.63, 3.8) is 0 Å². The van der Waals surface area contributed by atoms with E-state index in [0.717, 1.165) is 18.4 Å². The Morgan fingerprint density at radius 2 is 1.50 bits per heavy atom. The van der Waals surface area contributed by atoms with Crippen LogP contribution in [0.5, 0.6) is 0 Å². The molecule has 0 saturated carbocycles. The summed E-state index contributed by atoms with van der Waals surface area (Å²) in [4.78, 5) is 12.7. The van der Waals surface area contributed by atoms with E-state index in [1.807, 2.05) is 18.2 Å². The number of benzene rings is 2. The molecule has 0 aromatic heterocycles. The first-order valence-electron chi connectivity index (χ1n) is 10.5. The Morgan fingerprint density at radius 1 is 0.857 bits per heavy atom. The van der Waals surface area contributed by atoms with Crippen molar-refractivity contribution in [3.8, 4) is 0 Å². The molecule has 0 N–H and O–H groups in total. The van der Waals surface area contributed by atoms with Crippen LogP contribution in [-0.2, 0) is 16.0 Å². The van der Waals surface area contributed by atoms with Gasteiger partial charge in [-0.3, -0.25) is 0 Å². The molecule has 148 valence electrons. The quantitative estimate of drug-likeness (QED) is 0.247. The third kappa shape index (κ3) is 6.23. The van der Waals surface area contributed by atoms with Gasteiger partial charge in [-0.05, 0) is 0 Å². The summed E-state index contributed by atoms with van der Waals surface area (Å²) in [5.41, 5.74) is 2.11. The number of unbranched alkanes of at least 4 members (excludes halogenated alkanes) is 5. The topological polar surface area (TPSA) is 26.3 Å². The summed E-state index contributed by atoms with van der Waals surface area (Å²) in [6.07, 6.45) is 9.26. The van der Waals surface area contributed by atoms with Gasteiger partial charge in [0.25, 0.3) is 0 Å². The van der Waals surface area contributed by atoms with Gasteiger partial charge < -0.3 is 0 Å². The molecule has 1 heterocycles. The standard InChI is InChI=1S/C25H30O2Te/c1-2-3-4-5-6-13-18-23-24(28-21-16-11-8-12-17-21)22(25(26)27-23)19-20-14-9-7-10-15-20/h7-12,14-17,23H,2-6,13,18-19H2,1H3. The van der Waals surface area contributed by atoms with E-state index in [4.69, 9.17) is 4.74 Å². The number of rotatable bonds is 11. The Labute approximate surface area is 179 Å². The molecule has 0 spiro atoms. The second kappa shape index (κ2) is 11.4. The molecule has 2 nitrogen and oxygen atoms in total. The third-order valence-electron chi connectivity index (χ3n) is 5.10. The molecule has 3 rings (SSSR count). The Kier molecular flexibility index (Phi) is 8.65. The molecule has 1 unspecified atom stereocenters. The summed E-state index contributed by atoms with van der Waals surface area (Å²) in [5.74, 6) is -0.0872. The van der Waals surface area contributed by atoms with E-state index < -0.39 is 20.9 Å². The molecule has 0 fully saturated rings. The van der Waals surface area contributed by atoms with E-state index in [0.29, 0.717) is 6.42 Å². The van der Waals surface area contributed by atoms with Crippen LogP contribution in [0, 0.1) is 0 Å². The molecule has 28 heavy (non-hydrogen) atoms. The molecule has 2 aromatic carbocycles. The molecule has 2 aromatic rings. The van der Waals surface area contributed by atoms with Crippen LogP contribution >= 0.6 is 0 Å². The summed E-state index contributed by atoms with van der Waals surface area (Å²) in [7, 11) is 0. The zero-order valence-corrected chi connectivity index (χ0v) is 19.1. The average molecular weight is 490 g/mol. The normalized spacial score (nSPS) is 16.5. The van der Waals surface area contributed by atoms with Gasteiger partial charge in [0.2, 0.25) is 0 Å². The fourth-order valence-electron chi connectivity index (χ4n) is 3.55. The molecule has 0 saturated heterocycles. The average Bonchev–Trinajstić information content (AvgIpc) is 3.01. The maximum atomic E-state index is 12.7. The van der Waals surface area contributed by atoms with Crippen LogP contribution in [0.25, 0.3) is 0 Å². The fourth-order valence-corrected chi connectivity index (χ4v) is 6.76. The summed E-state index contributed by atoms with van der Waals surface area (Å²) in [5, 5.41) is 0. The molecule has 0 amide bonds. The van der Waals surface area contributed by atoms with Crippen molar-refractivity contribution in [1.29, 1.82) is 0 Å². The third-order valence-corrected chi connectivity index (χ3v) is 8.63. The van der Waals surface area contributed by atoms with Crippen LogP contribution in [0.1, 0.15) is 57.4 Å². The van der Waals surface area contributed by atoms with Crippen LogP contribution in [0.3, 0.4) is 0 Å². The van der Waals surface area contributed by atoms with E-state index in [1.165, 1.54) is 44.9 Å². The first kappa shape index (κ1) is 21.2. The summed E-state index contributed by atoms with van der Waals surface area (Å²) in [6.45, 7) is 2.25. The van der Waals surface area contributed by atoms with E-state index in [1.54, 1.807) is 0 Å². The first-order chi connectivity index (χ1) is 13.8. The molecule has 3 heteroatoms. The van der Waals surface area contributed by atoms with E-state index in [2.05, 4.69) is 49.4 Å². The second-order valence-electron chi connectivity index (χ2n) is 7.37. The van der Waals surface area contributed by atoms with E-state index >= 15 is 0 Å². The molecule has 0 bridgehead atoms. The Bertz CT molecular complexity index is 768. The van der Waals surface area contributed by atoms with Gasteiger partial charge in [-0.25, -0.2) is 0 Å². The van der Waals surface area contributed by atoms with Crippen molar-refractivity contribution in [2.24, 2.45) is 0 Å². The van der Waals surface area contributed by atoms with Crippen LogP contribution < -0.4 is 3.61 Å². The van der Waals surface area contributed by atoms with Gasteiger partial charge in [0, 0.05) is 0 Å². The molecule has 1 atom stereocenters. The molecular weight excluding hydrogens is 460 g/mol. The maximum absolute atomic E-state index is 12.7. The molecule has 1 aliphatic rings. The minimum atomic E-state index is -0.596. The van der Waals surface area contributed by atoms with Crippen LogP contribution in [0.2, 0.25) is 0 Å². The van der Waals surface area contributed by atoms with E-state index in [9.17, 15) is 4.79 Å². The van der Waals surface area contributed by atoms with Gasteiger partial charge in [-0.2, -0.15) is 0 Å². The molecular formula is C25H30O2Te. The fraction of sp³-hybridized carbons (Fsp3) is 0.400. The van der Waals surface area contributed by atoms with Crippen LogP contribution in [0.4, 0.5) is 0 Å². The van der Waals surface area contributed by atoms with Crippen LogP contribution in [-0.4, -0.2) is 33.0 Å². The number of cyclic esters (lactones) is 1. The van der Waals surface area contributed by atoms with Crippen molar-refractivity contribution < 1.29 is 9.53 Å². The second-order valence-corrected chi connectivity index (χ2v) is 10.6. The summed E-state index contributed by atoms with van der Waals surface area (Å²) >= 11 is -0.596. The molecule has 0 aliphatic carbocycles. The molecule has 0 radical (unpaired) electrons. The van der Waals surface area contributed by atoms with Crippen molar-refractivity contribution in [3.05, 3.63) is 75.4 Å². The molecule has 1 aliphatic heterocycles. The van der Waals surface area contributed by atoms with Gasteiger partial charge in [0.05, 0.1) is 0 Å². The summed E-state index contributed by atoms with van der Waals surface area (Å²) in [6, 6.07) is 20.9. The first-order valence-corrected chi connectivity index (χ1v) is 12.8. The minimum absolute atomic E-state index is 0.00000601. The number of hydrogen-bond donors (Lipinski definition) is 0. The SMILES string of the molecule is CCCCCCCCC1OC(=O)C(Cc2ccccc2)=C1[Te]c1ccccc1. The number of carbonyl (C=O) groups excluding carboxylic acids is 1. The summed E-state index contributed by atoms with van der Waals surface area (Å²) < 4.78 is 8.57. The van der Waals surface area contributed by atoms with Gasteiger partial charge in [0.1, 0.15) is 0 Å². The Hall–Kier alpha value is -1.56. The van der Waals surface area contributed by atoms with Crippen molar-refractivity contribution in [2.75, 3.05) is 0 Å². The predicted octanol–water partition coefficient (Wildman–Crippen LogP) is 5.19. The van der Waals surface area contributed by atoms with Crippen molar-refractivity contribution >= 4 is 30.5 Å². The Morgan fingerprint density at radius 3 is 2.21 bits per heavy atom. The van der Waals surface area contributed by atoms with Gasteiger partial charge in [-0.1, -0.05) is 0 Å². The number of carbonyl (C=O) groups is 1. The Balaban J connectivity index is 1.72.